The molecule has 0 saturated carbocycles. The molecular formula is C20H19F3N4O2. The van der Waals surface area contributed by atoms with Crippen LogP contribution in [0.25, 0.3) is 0 Å². The summed E-state index contributed by atoms with van der Waals surface area (Å²) >= 11 is 0. The van der Waals surface area contributed by atoms with Crippen LogP contribution in [0.5, 0.6) is 0 Å². The molecule has 0 bridgehead atoms. The Labute approximate surface area is 165 Å². The van der Waals surface area contributed by atoms with E-state index < -0.39 is 29.0 Å². The van der Waals surface area contributed by atoms with Gasteiger partial charge in [-0.3, -0.25) is 14.6 Å². The molecule has 2 amide bonds. The van der Waals surface area contributed by atoms with Gasteiger partial charge in [0.25, 0.3) is 0 Å². The van der Waals surface area contributed by atoms with E-state index >= 15 is 0 Å². The number of alkyl halides is 3. The van der Waals surface area contributed by atoms with E-state index in [1.807, 2.05) is 0 Å². The predicted molar refractivity (Wildman–Crippen MR) is 100 cm³/mol. The summed E-state index contributed by atoms with van der Waals surface area (Å²) in [5, 5.41) is 0. The van der Waals surface area contributed by atoms with E-state index in [1.54, 1.807) is 24.5 Å². The topological polar surface area (TPSA) is 102 Å². The van der Waals surface area contributed by atoms with Gasteiger partial charge in [0, 0.05) is 36.4 Å². The largest absolute Gasteiger partial charge is 0.416 e. The second kappa shape index (κ2) is 7.57. The van der Waals surface area contributed by atoms with Crippen molar-refractivity contribution >= 4 is 17.5 Å². The minimum atomic E-state index is -4.53. The number of rotatable bonds is 5. The highest BCUT2D eigenvalue weighted by Crippen LogP contribution is 2.39. The van der Waals surface area contributed by atoms with Gasteiger partial charge in [0.1, 0.15) is 0 Å². The molecule has 1 unspecified atom stereocenters. The number of benzene rings is 1. The van der Waals surface area contributed by atoms with Gasteiger partial charge in [0.15, 0.2) is 0 Å². The maximum atomic E-state index is 13.1. The quantitative estimate of drug-likeness (QED) is 0.799. The van der Waals surface area contributed by atoms with Crippen molar-refractivity contribution in [2.45, 2.75) is 19.0 Å². The van der Waals surface area contributed by atoms with Gasteiger partial charge < -0.3 is 16.4 Å². The summed E-state index contributed by atoms with van der Waals surface area (Å²) in [5.74, 6) is -1.44. The Hall–Kier alpha value is -3.36. The maximum Gasteiger partial charge on any atom is 0.416 e. The van der Waals surface area contributed by atoms with Crippen molar-refractivity contribution in [3.05, 3.63) is 71.7 Å². The number of aromatic nitrogens is 1. The number of pyridine rings is 1. The summed E-state index contributed by atoms with van der Waals surface area (Å²) in [5.41, 5.74) is 10.1. The molecule has 1 aliphatic rings. The minimum Gasteiger partial charge on any atom is -0.369 e. The third kappa shape index (κ3) is 4.39. The summed E-state index contributed by atoms with van der Waals surface area (Å²) in [6.07, 6.45) is 0.144. The molecule has 6 nitrogen and oxygen atoms in total. The molecule has 152 valence electrons. The number of amides is 2. The van der Waals surface area contributed by atoms with Crippen LogP contribution in [-0.2, 0) is 22.2 Å². The summed E-state index contributed by atoms with van der Waals surface area (Å²) < 4.78 is 39.4. The Morgan fingerprint density at radius 1 is 1.17 bits per heavy atom. The van der Waals surface area contributed by atoms with Crippen LogP contribution in [0.15, 0.2) is 60.6 Å². The van der Waals surface area contributed by atoms with Crippen LogP contribution < -0.4 is 16.4 Å². The molecule has 2 aromatic rings. The van der Waals surface area contributed by atoms with Crippen LogP contribution in [0.2, 0.25) is 0 Å². The fraction of sp³-hybridized carbons (Fsp3) is 0.250. The standard InChI is InChI=1S/C20H19F3N4O2/c21-20(22,23)15-4-1-5-16(7-15)27-11-14(17(24)28)9-19(12-27,18(25)29)8-13-3-2-6-26-10-13/h1-7,10-11H,8-9,12H2,(H2,24,28)(H2,25,29). The molecule has 0 saturated heterocycles. The van der Waals surface area contributed by atoms with Crippen molar-refractivity contribution in [1.82, 2.24) is 4.98 Å². The molecule has 29 heavy (non-hydrogen) atoms. The SMILES string of the molecule is NC(=O)C1=CN(c2cccc(C(F)(F)F)c2)CC(Cc2cccnc2)(C(N)=O)C1. The maximum absolute atomic E-state index is 13.1. The zero-order valence-corrected chi connectivity index (χ0v) is 15.3. The highest BCUT2D eigenvalue weighted by molar-refractivity contribution is 5.95. The number of nitrogens with two attached hydrogens (primary N) is 2. The highest BCUT2D eigenvalue weighted by atomic mass is 19.4. The summed E-state index contributed by atoms with van der Waals surface area (Å²) in [7, 11) is 0. The highest BCUT2D eigenvalue weighted by Gasteiger charge is 2.43. The van der Waals surface area contributed by atoms with Gasteiger partial charge in [0.05, 0.1) is 11.0 Å². The fourth-order valence-corrected chi connectivity index (χ4v) is 3.47. The van der Waals surface area contributed by atoms with Crippen molar-refractivity contribution in [3.63, 3.8) is 0 Å². The first-order valence-corrected chi connectivity index (χ1v) is 8.74. The number of carbonyl (C=O) groups is 2. The first-order valence-electron chi connectivity index (χ1n) is 8.74. The normalized spacial score (nSPS) is 19.6. The molecule has 4 N–H and O–H groups in total. The van der Waals surface area contributed by atoms with Crippen molar-refractivity contribution < 1.29 is 22.8 Å². The Bertz CT molecular complexity index is 960. The summed E-state index contributed by atoms with van der Waals surface area (Å²) in [6.45, 7) is -0.00464. The number of nitrogens with zero attached hydrogens (tertiary/aromatic N) is 2. The number of hydrogen-bond acceptors (Lipinski definition) is 4. The van der Waals surface area contributed by atoms with Gasteiger partial charge in [-0.2, -0.15) is 13.2 Å². The summed E-state index contributed by atoms with van der Waals surface area (Å²) in [4.78, 5) is 29.8. The Balaban J connectivity index is 2.05. The molecule has 0 fully saturated rings. The number of halogens is 3. The van der Waals surface area contributed by atoms with Crippen LogP contribution in [0.4, 0.5) is 18.9 Å². The van der Waals surface area contributed by atoms with E-state index in [0.29, 0.717) is 5.56 Å². The average Bonchev–Trinajstić information content (AvgIpc) is 2.68. The van der Waals surface area contributed by atoms with Gasteiger partial charge in [-0.25, -0.2) is 0 Å². The van der Waals surface area contributed by atoms with Crippen LogP contribution in [0.3, 0.4) is 0 Å². The molecule has 1 atom stereocenters. The van der Waals surface area contributed by atoms with Crippen LogP contribution in [0, 0.1) is 5.41 Å². The van der Waals surface area contributed by atoms with Crippen molar-refractivity contribution in [2.24, 2.45) is 16.9 Å². The first kappa shape index (κ1) is 20.4. The van der Waals surface area contributed by atoms with Crippen molar-refractivity contribution in [1.29, 1.82) is 0 Å². The smallest absolute Gasteiger partial charge is 0.369 e. The molecular weight excluding hydrogens is 385 g/mol. The lowest BCUT2D eigenvalue weighted by Gasteiger charge is -2.40. The second-order valence-electron chi connectivity index (χ2n) is 7.05. The predicted octanol–water partition coefficient (Wildman–Crippen LogP) is 2.39. The van der Waals surface area contributed by atoms with Gasteiger partial charge >= 0.3 is 6.18 Å². The molecule has 0 aliphatic carbocycles. The van der Waals surface area contributed by atoms with Gasteiger partial charge in [-0.15, -0.1) is 0 Å². The van der Waals surface area contributed by atoms with Crippen LogP contribution in [-0.4, -0.2) is 23.3 Å². The molecule has 1 aromatic heterocycles. The first-order chi connectivity index (χ1) is 13.6. The van der Waals surface area contributed by atoms with Gasteiger partial charge in [-0.1, -0.05) is 12.1 Å². The van der Waals surface area contributed by atoms with E-state index in [0.717, 1.165) is 12.1 Å². The zero-order chi connectivity index (χ0) is 21.2. The Kier molecular flexibility index (Phi) is 5.32. The lowest BCUT2D eigenvalue weighted by Crippen LogP contribution is -2.50. The Morgan fingerprint density at radius 2 is 1.93 bits per heavy atom. The average molecular weight is 404 g/mol. The monoisotopic (exact) mass is 404 g/mol. The van der Waals surface area contributed by atoms with E-state index in [4.69, 9.17) is 11.5 Å². The third-order valence-electron chi connectivity index (χ3n) is 4.92. The van der Waals surface area contributed by atoms with Crippen molar-refractivity contribution in [2.75, 3.05) is 11.4 Å². The molecule has 9 heteroatoms. The van der Waals surface area contributed by atoms with Crippen LogP contribution >= 0.6 is 0 Å². The lowest BCUT2D eigenvalue weighted by atomic mass is 9.73. The van der Waals surface area contributed by atoms with E-state index in [-0.39, 0.29) is 30.6 Å². The lowest BCUT2D eigenvalue weighted by molar-refractivity contribution is -0.137. The molecule has 0 spiro atoms. The van der Waals surface area contributed by atoms with Gasteiger partial charge in [-0.05, 0) is 42.7 Å². The number of primary amides is 2. The molecule has 1 aliphatic heterocycles. The van der Waals surface area contributed by atoms with E-state index in [9.17, 15) is 22.8 Å². The molecule has 0 radical (unpaired) electrons. The molecule has 1 aromatic carbocycles. The minimum absolute atomic E-state index is 0.00464. The van der Waals surface area contributed by atoms with Crippen molar-refractivity contribution in [3.8, 4) is 0 Å². The second-order valence-corrected chi connectivity index (χ2v) is 7.05. The van der Waals surface area contributed by atoms with Crippen LogP contribution in [0.1, 0.15) is 17.5 Å². The van der Waals surface area contributed by atoms with Gasteiger partial charge in [0.2, 0.25) is 11.8 Å². The molecule has 3 rings (SSSR count). The van der Waals surface area contributed by atoms with E-state index in [2.05, 4.69) is 4.98 Å². The molecule has 2 heterocycles. The van der Waals surface area contributed by atoms with E-state index in [1.165, 1.54) is 23.2 Å². The summed E-state index contributed by atoms with van der Waals surface area (Å²) in [6, 6.07) is 8.08. The number of hydrogen-bond donors (Lipinski definition) is 2. The Morgan fingerprint density at radius 3 is 2.52 bits per heavy atom. The number of anilines is 1. The fourth-order valence-electron chi connectivity index (χ4n) is 3.47. The zero-order valence-electron chi connectivity index (χ0n) is 15.3. The number of carbonyl (C=O) groups excluding carboxylic acids is 2. The third-order valence-corrected chi connectivity index (χ3v) is 4.92.